The third kappa shape index (κ3) is 6.81. The van der Waals surface area contributed by atoms with Gasteiger partial charge in [0.15, 0.2) is 0 Å². The Morgan fingerprint density at radius 1 is 1.29 bits per heavy atom. The van der Waals surface area contributed by atoms with Gasteiger partial charge in [0, 0.05) is 12.1 Å². The Bertz CT molecular complexity index is 286. The number of carbonyl (C=O) groups is 1. The van der Waals surface area contributed by atoms with Crippen LogP contribution in [-0.4, -0.2) is 31.6 Å². The van der Waals surface area contributed by atoms with Crippen LogP contribution in [0, 0.1) is 0 Å². The molecule has 0 aromatic carbocycles. The summed E-state index contributed by atoms with van der Waals surface area (Å²) >= 11 is 0. The third-order valence-electron chi connectivity index (χ3n) is 1.23. The van der Waals surface area contributed by atoms with Crippen LogP contribution in [0.3, 0.4) is 0 Å². The van der Waals surface area contributed by atoms with Crippen LogP contribution in [0.1, 0.15) is 27.2 Å². The van der Waals surface area contributed by atoms with Crippen molar-refractivity contribution in [2.24, 2.45) is 0 Å². The van der Waals surface area contributed by atoms with E-state index in [2.05, 4.69) is 9.44 Å². The Morgan fingerprint density at radius 3 is 2.14 bits per heavy atom. The van der Waals surface area contributed by atoms with Gasteiger partial charge < -0.3 is 5.11 Å². The van der Waals surface area contributed by atoms with Crippen molar-refractivity contribution in [2.75, 3.05) is 0 Å². The van der Waals surface area contributed by atoms with Gasteiger partial charge in [-0.05, 0) is 20.8 Å². The molecule has 0 fully saturated rings. The van der Waals surface area contributed by atoms with Crippen LogP contribution >= 0.6 is 0 Å². The molecule has 0 radical (unpaired) electrons. The van der Waals surface area contributed by atoms with Gasteiger partial charge in [0.2, 0.25) is 0 Å². The standard InChI is InChI=1S/C7H16N2O4S/c1-5(2)8-14(12,13)9-6(3)4-7(10)11/h5-6,8-9H,4H2,1-3H3,(H,10,11). The Labute approximate surface area is 83.9 Å². The molecule has 0 aliphatic rings. The van der Waals surface area contributed by atoms with E-state index >= 15 is 0 Å². The second kappa shape index (κ2) is 5.28. The van der Waals surface area contributed by atoms with Gasteiger partial charge >= 0.3 is 5.97 Å². The Kier molecular flexibility index (Phi) is 5.03. The summed E-state index contributed by atoms with van der Waals surface area (Å²) in [4.78, 5) is 10.3. The van der Waals surface area contributed by atoms with Crippen LogP contribution in [0.4, 0.5) is 0 Å². The minimum Gasteiger partial charge on any atom is -0.481 e. The van der Waals surface area contributed by atoms with Crippen molar-refractivity contribution in [3.63, 3.8) is 0 Å². The highest BCUT2D eigenvalue weighted by molar-refractivity contribution is 7.87. The highest BCUT2D eigenvalue weighted by Gasteiger charge is 2.16. The molecule has 0 heterocycles. The molecule has 1 atom stereocenters. The van der Waals surface area contributed by atoms with Gasteiger partial charge in [0.1, 0.15) is 0 Å². The monoisotopic (exact) mass is 224 g/mol. The molecule has 0 aliphatic carbocycles. The number of hydrogen-bond acceptors (Lipinski definition) is 3. The SMILES string of the molecule is CC(C)NS(=O)(=O)NC(C)CC(=O)O. The molecule has 3 N–H and O–H groups in total. The zero-order valence-electron chi connectivity index (χ0n) is 8.44. The summed E-state index contributed by atoms with van der Waals surface area (Å²) in [6.07, 6.45) is -0.237. The molecule has 0 bridgehead atoms. The first kappa shape index (κ1) is 13.3. The van der Waals surface area contributed by atoms with Crippen molar-refractivity contribution in [1.29, 1.82) is 0 Å². The lowest BCUT2D eigenvalue weighted by Gasteiger charge is -2.14. The summed E-state index contributed by atoms with van der Waals surface area (Å²) < 4.78 is 26.9. The maximum atomic E-state index is 11.2. The van der Waals surface area contributed by atoms with Crippen LogP contribution in [0.25, 0.3) is 0 Å². The molecular weight excluding hydrogens is 208 g/mol. The normalized spacial score (nSPS) is 14.3. The average molecular weight is 224 g/mol. The fourth-order valence-corrected chi connectivity index (χ4v) is 2.21. The van der Waals surface area contributed by atoms with Crippen LogP contribution in [0.5, 0.6) is 0 Å². The van der Waals surface area contributed by atoms with Crippen molar-refractivity contribution in [3.8, 4) is 0 Å². The van der Waals surface area contributed by atoms with Gasteiger partial charge in [0.05, 0.1) is 6.42 Å². The minimum atomic E-state index is -3.59. The molecule has 0 amide bonds. The molecule has 14 heavy (non-hydrogen) atoms. The average Bonchev–Trinajstić information content (AvgIpc) is 1.77. The summed E-state index contributed by atoms with van der Waals surface area (Å²) in [5, 5.41) is 8.41. The topological polar surface area (TPSA) is 95.5 Å². The van der Waals surface area contributed by atoms with Crippen molar-refractivity contribution >= 4 is 16.2 Å². The molecule has 0 spiro atoms. The fourth-order valence-electron chi connectivity index (χ4n) is 0.913. The van der Waals surface area contributed by atoms with Gasteiger partial charge in [-0.2, -0.15) is 17.9 Å². The molecule has 0 aromatic rings. The van der Waals surface area contributed by atoms with Crippen molar-refractivity contribution < 1.29 is 18.3 Å². The van der Waals surface area contributed by atoms with Crippen molar-refractivity contribution in [2.45, 2.75) is 39.3 Å². The number of nitrogens with one attached hydrogen (secondary N) is 2. The van der Waals surface area contributed by atoms with Crippen LogP contribution < -0.4 is 9.44 Å². The highest BCUT2D eigenvalue weighted by atomic mass is 32.2. The van der Waals surface area contributed by atoms with E-state index in [9.17, 15) is 13.2 Å². The molecule has 1 unspecified atom stereocenters. The number of rotatable bonds is 6. The first-order valence-electron chi connectivity index (χ1n) is 4.24. The second-order valence-corrected chi connectivity index (χ2v) is 4.87. The van der Waals surface area contributed by atoms with Gasteiger partial charge in [0.25, 0.3) is 10.2 Å². The molecule has 7 heteroatoms. The molecule has 0 saturated heterocycles. The molecule has 0 saturated carbocycles. The van der Waals surface area contributed by atoms with E-state index in [-0.39, 0.29) is 12.5 Å². The summed E-state index contributed by atoms with van der Waals surface area (Å²) in [7, 11) is -3.59. The van der Waals surface area contributed by atoms with Gasteiger partial charge in [-0.3, -0.25) is 4.79 Å². The predicted molar refractivity (Wildman–Crippen MR) is 52.0 cm³/mol. The first-order chi connectivity index (χ1) is 6.23. The van der Waals surface area contributed by atoms with Gasteiger partial charge in [-0.15, -0.1) is 0 Å². The Hall–Kier alpha value is -0.660. The Morgan fingerprint density at radius 2 is 1.79 bits per heavy atom. The molecule has 0 aromatic heterocycles. The fraction of sp³-hybridized carbons (Fsp3) is 0.857. The van der Waals surface area contributed by atoms with Crippen molar-refractivity contribution in [3.05, 3.63) is 0 Å². The van der Waals surface area contributed by atoms with Crippen LogP contribution in [0.2, 0.25) is 0 Å². The zero-order valence-corrected chi connectivity index (χ0v) is 9.26. The van der Waals surface area contributed by atoms with Gasteiger partial charge in [-0.1, -0.05) is 0 Å². The smallest absolute Gasteiger partial charge is 0.304 e. The van der Waals surface area contributed by atoms with E-state index in [1.807, 2.05) is 0 Å². The summed E-state index contributed by atoms with van der Waals surface area (Å²) in [5.41, 5.74) is 0. The van der Waals surface area contributed by atoms with Crippen molar-refractivity contribution in [1.82, 2.24) is 9.44 Å². The molecule has 84 valence electrons. The highest BCUT2D eigenvalue weighted by Crippen LogP contribution is 1.93. The third-order valence-corrected chi connectivity index (χ3v) is 2.72. The van der Waals surface area contributed by atoms with E-state index in [0.717, 1.165) is 0 Å². The van der Waals surface area contributed by atoms with E-state index in [1.54, 1.807) is 13.8 Å². The zero-order chi connectivity index (χ0) is 11.4. The molecular formula is C7H16N2O4S. The number of carboxylic acids is 1. The van der Waals surface area contributed by atoms with E-state index in [1.165, 1.54) is 6.92 Å². The quantitative estimate of drug-likeness (QED) is 0.576. The maximum Gasteiger partial charge on any atom is 0.304 e. The van der Waals surface area contributed by atoms with Crippen LogP contribution in [-0.2, 0) is 15.0 Å². The maximum absolute atomic E-state index is 11.2. The van der Waals surface area contributed by atoms with E-state index in [4.69, 9.17) is 5.11 Å². The lowest BCUT2D eigenvalue weighted by molar-refractivity contribution is -0.137. The molecule has 0 rings (SSSR count). The summed E-state index contributed by atoms with van der Waals surface area (Å²) in [6, 6.07) is -0.840. The van der Waals surface area contributed by atoms with Crippen LogP contribution in [0.15, 0.2) is 0 Å². The number of carboxylic acid groups (broad SMARTS) is 1. The molecule has 0 aliphatic heterocycles. The Balaban J connectivity index is 4.16. The largest absolute Gasteiger partial charge is 0.481 e. The number of hydrogen-bond donors (Lipinski definition) is 3. The predicted octanol–water partition coefficient (Wildman–Crippen LogP) is -0.318. The van der Waals surface area contributed by atoms with E-state index < -0.39 is 22.2 Å². The summed E-state index contributed by atoms with van der Waals surface area (Å²) in [6.45, 7) is 4.86. The summed E-state index contributed by atoms with van der Waals surface area (Å²) in [5.74, 6) is -1.04. The lowest BCUT2D eigenvalue weighted by atomic mass is 10.3. The van der Waals surface area contributed by atoms with Gasteiger partial charge in [-0.25, -0.2) is 0 Å². The number of aliphatic carboxylic acids is 1. The second-order valence-electron chi connectivity index (χ2n) is 3.39. The first-order valence-corrected chi connectivity index (χ1v) is 5.72. The minimum absolute atomic E-state index is 0.218. The lowest BCUT2D eigenvalue weighted by Crippen LogP contribution is -2.44. The van der Waals surface area contributed by atoms with E-state index in [0.29, 0.717) is 0 Å². The molecule has 6 nitrogen and oxygen atoms in total.